The minimum absolute atomic E-state index is 0.119. The molecule has 2 N–H and O–H groups in total. The van der Waals surface area contributed by atoms with Gasteiger partial charge in [0.05, 0.1) is 17.6 Å². The van der Waals surface area contributed by atoms with Crippen LogP contribution in [0.3, 0.4) is 0 Å². The summed E-state index contributed by atoms with van der Waals surface area (Å²) in [6, 6.07) is 15.8. The second-order valence-corrected chi connectivity index (χ2v) is 5.70. The highest BCUT2D eigenvalue weighted by molar-refractivity contribution is 5.75. The number of fused-ring (bicyclic) bond motifs is 1. The molecule has 1 aromatic heterocycles. The van der Waals surface area contributed by atoms with E-state index in [9.17, 15) is 4.79 Å². The molecule has 0 radical (unpaired) electrons. The summed E-state index contributed by atoms with van der Waals surface area (Å²) in [4.78, 5) is 21.5. The van der Waals surface area contributed by atoms with Crippen molar-refractivity contribution in [3.8, 4) is 0 Å². The SMILES string of the molecule is Cc1ccc(CNC(=O)N(C)Cc2nc3ccccc3[nH]2)cc1. The van der Waals surface area contributed by atoms with Gasteiger partial charge in [-0.05, 0) is 24.6 Å². The Morgan fingerprint density at radius 1 is 1.17 bits per heavy atom. The highest BCUT2D eigenvalue weighted by atomic mass is 16.2. The summed E-state index contributed by atoms with van der Waals surface area (Å²) >= 11 is 0. The maximum atomic E-state index is 12.2. The molecule has 0 saturated heterocycles. The van der Waals surface area contributed by atoms with Crippen LogP contribution < -0.4 is 5.32 Å². The van der Waals surface area contributed by atoms with E-state index in [1.807, 2.05) is 55.5 Å². The van der Waals surface area contributed by atoms with Crippen LogP contribution in [0.5, 0.6) is 0 Å². The maximum Gasteiger partial charge on any atom is 0.317 e. The number of amides is 2. The summed E-state index contributed by atoms with van der Waals surface area (Å²) < 4.78 is 0. The van der Waals surface area contributed by atoms with Crippen LogP contribution in [-0.2, 0) is 13.1 Å². The minimum atomic E-state index is -0.119. The van der Waals surface area contributed by atoms with E-state index in [0.29, 0.717) is 13.1 Å². The Balaban J connectivity index is 1.57. The summed E-state index contributed by atoms with van der Waals surface area (Å²) in [6.07, 6.45) is 0. The van der Waals surface area contributed by atoms with Gasteiger partial charge in [-0.15, -0.1) is 0 Å². The standard InChI is InChI=1S/C18H20N4O/c1-13-7-9-14(10-8-13)11-19-18(23)22(2)12-17-20-15-5-3-4-6-16(15)21-17/h3-10H,11-12H2,1-2H3,(H,19,23)(H,20,21). The van der Waals surface area contributed by atoms with Crippen LogP contribution in [0.1, 0.15) is 17.0 Å². The fourth-order valence-corrected chi connectivity index (χ4v) is 2.40. The molecule has 0 bridgehead atoms. The van der Waals surface area contributed by atoms with Gasteiger partial charge in [-0.25, -0.2) is 9.78 Å². The zero-order valence-electron chi connectivity index (χ0n) is 13.3. The van der Waals surface area contributed by atoms with Gasteiger partial charge in [0.2, 0.25) is 0 Å². The number of aromatic nitrogens is 2. The number of carbonyl (C=O) groups excluding carboxylic acids is 1. The average Bonchev–Trinajstić information content (AvgIpc) is 2.96. The summed E-state index contributed by atoms with van der Waals surface area (Å²) in [7, 11) is 1.76. The van der Waals surface area contributed by atoms with E-state index in [0.717, 1.165) is 22.4 Å². The van der Waals surface area contributed by atoms with Crippen LogP contribution in [0, 0.1) is 6.92 Å². The Kier molecular flexibility index (Phi) is 4.28. The summed E-state index contributed by atoms with van der Waals surface area (Å²) in [5.74, 6) is 0.777. The second-order valence-electron chi connectivity index (χ2n) is 5.70. The molecular weight excluding hydrogens is 288 g/mol. The average molecular weight is 308 g/mol. The highest BCUT2D eigenvalue weighted by Crippen LogP contribution is 2.11. The Morgan fingerprint density at radius 2 is 1.91 bits per heavy atom. The molecule has 2 aromatic carbocycles. The normalized spacial score (nSPS) is 10.7. The monoisotopic (exact) mass is 308 g/mol. The lowest BCUT2D eigenvalue weighted by atomic mass is 10.1. The van der Waals surface area contributed by atoms with Gasteiger partial charge in [-0.2, -0.15) is 0 Å². The van der Waals surface area contributed by atoms with Crippen molar-refractivity contribution in [1.29, 1.82) is 0 Å². The van der Waals surface area contributed by atoms with E-state index < -0.39 is 0 Å². The number of hydrogen-bond donors (Lipinski definition) is 2. The van der Waals surface area contributed by atoms with Crippen molar-refractivity contribution >= 4 is 17.1 Å². The Bertz CT molecular complexity index is 774. The first kappa shape index (κ1) is 15.1. The molecular formula is C18H20N4O. The number of urea groups is 1. The van der Waals surface area contributed by atoms with Gasteiger partial charge in [0, 0.05) is 13.6 Å². The first-order valence-corrected chi connectivity index (χ1v) is 7.60. The number of aromatic amines is 1. The third-order valence-electron chi connectivity index (χ3n) is 3.74. The van der Waals surface area contributed by atoms with Crippen LogP contribution in [0.4, 0.5) is 4.79 Å². The summed E-state index contributed by atoms with van der Waals surface area (Å²) in [5, 5.41) is 2.92. The van der Waals surface area contributed by atoms with Crippen molar-refractivity contribution in [3.63, 3.8) is 0 Å². The fourth-order valence-electron chi connectivity index (χ4n) is 2.40. The van der Waals surface area contributed by atoms with E-state index in [2.05, 4.69) is 15.3 Å². The van der Waals surface area contributed by atoms with Crippen molar-refractivity contribution in [3.05, 3.63) is 65.5 Å². The lowest BCUT2D eigenvalue weighted by Crippen LogP contribution is -2.36. The van der Waals surface area contributed by atoms with Crippen LogP contribution in [-0.4, -0.2) is 27.9 Å². The van der Waals surface area contributed by atoms with Crippen LogP contribution in [0.2, 0.25) is 0 Å². The van der Waals surface area contributed by atoms with Crippen LogP contribution in [0.25, 0.3) is 11.0 Å². The molecule has 0 unspecified atom stereocenters. The minimum Gasteiger partial charge on any atom is -0.340 e. The molecule has 0 aliphatic heterocycles. The van der Waals surface area contributed by atoms with Gasteiger partial charge < -0.3 is 15.2 Å². The number of nitrogens with one attached hydrogen (secondary N) is 2. The molecule has 0 spiro atoms. The number of benzene rings is 2. The van der Waals surface area contributed by atoms with Crippen molar-refractivity contribution in [1.82, 2.24) is 20.2 Å². The van der Waals surface area contributed by atoms with E-state index in [-0.39, 0.29) is 6.03 Å². The molecule has 0 aliphatic carbocycles. The molecule has 5 nitrogen and oxygen atoms in total. The predicted molar refractivity (Wildman–Crippen MR) is 91.0 cm³/mol. The van der Waals surface area contributed by atoms with Gasteiger partial charge in [0.25, 0.3) is 0 Å². The summed E-state index contributed by atoms with van der Waals surface area (Å²) in [6.45, 7) is 3.00. The molecule has 3 rings (SSSR count). The van der Waals surface area contributed by atoms with Gasteiger partial charge in [-0.3, -0.25) is 0 Å². The largest absolute Gasteiger partial charge is 0.340 e. The first-order valence-electron chi connectivity index (χ1n) is 7.60. The lowest BCUT2D eigenvalue weighted by Gasteiger charge is -2.16. The Hall–Kier alpha value is -2.82. The van der Waals surface area contributed by atoms with Crippen molar-refractivity contribution in [2.45, 2.75) is 20.0 Å². The second kappa shape index (κ2) is 6.52. The fraction of sp³-hybridized carbons (Fsp3) is 0.222. The molecule has 118 valence electrons. The number of hydrogen-bond acceptors (Lipinski definition) is 2. The molecule has 0 saturated carbocycles. The molecule has 23 heavy (non-hydrogen) atoms. The maximum absolute atomic E-state index is 12.2. The molecule has 0 fully saturated rings. The van der Waals surface area contributed by atoms with Crippen molar-refractivity contribution < 1.29 is 4.79 Å². The van der Waals surface area contributed by atoms with Gasteiger partial charge in [0.15, 0.2) is 0 Å². The van der Waals surface area contributed by atoms with E-state index in [1.54, 1.807) is 11.9 Å². The molecule has 5 heteroatoms. The lowest BCUT2D eigenvalue weighted by molar-refractivity contribution is 0.205. The topological polar surface area (TPSA) is 61.0 Å². The zero-order valence-corrected chi connectivity index (χ0v) is 13.3. The number of para-hydroxylation sites is 2. The van der Waals surface area contributed by atoms with Gasteiger partial charge in [0.1, 0.15) is 5.82 Å². The van der Waals surface area contributed by atoms with E-state index in [4.69, 9.17) is 0 Å². The predicted octanol–water partition coefficient (Wildman–Crippen LogP) is 3.21. The Labute approximate surface area is 135 Å². The first-order chi connectivity index (χ1) is 11.1. The molecule has 3 aromatic rings. The third kappa shape index (κ3) is 3.69. The number of carbonyl (C=O) groups is 1. The number of H-pyrrole nitrogens is 1. The summed E-state index contributed by atoms with van der Waals surface area (Å²) in [5.41, 5.74) is 4.19. The Morgan fingerprint density at radius 3 is 2.65 bits per heavy atom. The van der Waals surface area contributed by atoms with Gasteiger partial charge in [-0.1, -0.05) is 42.0 Å². The number of rotatable bonds is 4. The van der Waals surface area contributed by atoms with Crippen molar-refractivity contribution in [2.75, 3.05) is 7.05 Å². The zero-order chi connectivity index (χ0) is 16.2. The third-order valence-corrected chi connectivity index (χ3v) is 3.74. The molecule has 1 heterocycles. The highest BCUT2D eigenvalue weighted by Gasteiger charge is 2.11. The number of aryl methyl sites for hydroxylation is 1. The van der Waals surface area contributed by atoms with E-state index >= 15 is 0 Å². The quantitative estimate of drug-likeness (QED) is 0.777. The molecule has 0 atom stereocenters. The van der Waals surface area contributed by atoms with Crippen LogP contribution >= 0.6 is 0 Å². The molecule has 2 amide bonds. The van der Waals surface area contributed by atoms with E-state index in [1.165, 1.54) is 5.56 Å². The molecule has 0 aliphatic rings. The van der Waals surface area contributed by atoms with Crippen LogP contribution in [0.15, 0.2) is 48.5 Å². The smallest absolute Gasteiger partial charge is 0.317 e. The van der Waals surface area contributed by atoms with Gasteiger partial charge >= 0.3 is 6.03 Å². The van der Waals surface area contributed by atoms with Crippen molar-refractivity contribution in [2.24, 2.45) is 0 Å². The number of nitrogens with zero attached hydrogens (tertiary/aromatic N) is 2. The number of imidazole rings is 1.